The lowest BCUT2D eigenvalue weighted by molar-refractivity contribution is -0.157. The second kappa shape index (κ2) is 8.48. The van der Waals surface area contributed by atoms with E-state index in [9.17, 15) is 9.59 Å². The van der Waals surface area contributed by atoms with Gasteiger partial charge in [0.05, 0.1) is 25.5 Å². The van der Waals surface area contributed by atoms with Crippen LogP contribution in [0.3, 0.4) is 0 Å². The number of ether oxygens (including phenoxy) is 2. The van der Waals surface area contributed by atoms with Gasteiger partial charge < -0.3 is 9.47 Å². The van der Waals surface area contributed by atoms with Crippen molar-refractivity contribution in [2.24, 2.45) is 10.9 Å². The molecule has 0 N–H and O–H groups in total. The van der Waals surface area contributed by atoms with Gasteiger partial charge in [0, 0.05) is 6.21 Å². The number of carbonyl (C=O) groups excluding carboxylic acids is 2. The molecule has 1 aromatic carbocycles. The Hall–Kier alpha value is -2.68. The molecule has 6 nitrogen and oxygen atoms in total. The van der Waals surface area contributed by atoms with Crippen molar-refractivity contribution in [1.29, 1.82) is 0 Å². The number of hydrogen-bond acceptors (Lipinski definition) is 5. The Morgan fingerprint density at radius 2 is 1.71 bits per heavy atom. The Morgan fingerprint density at radius 3 is 2.14 bits per heavy atom. The van der Waals surface area contributed by atoms with Gasteiger partial charge in [-0.15, -0.1) is 0 Å². The van der Waals surface area contributed by atoms with E-state index >= 15 is 0 Å². The molecule has 110 valence electrons. The summed E-state index contributed by atoms with van der Waals surface area (Å²) in [5, 5.41) is 0. The van der Waals surface area contributed by atoms with Crippen molar-refractivity contribution in [3.63, 3.8) is 0 Å². The number of nitrogens with zero attached hydrogens (tertiary/aromatic N) is 2. The first-order valence-corrected chi connectivity index (χ1v) is 6.47. The fourth-order valence-corrected chi connectivity index (χ4v) is 1.46. The summed E-state index contributed by atoms with van der Waals surface area (Å²) in [6.07, 6.45) is 1.20. The van der Waals surface area contributed by atoms with Gasteiger partial charge in [-0.1, -0.05) is 12.1 Å². The number of benzene rings is 1. The largest absolute Gasteiger partial charge is 0.465 e. The molecule has 21 heavy (non-hydrogen) atoms. The Bertz CT molecular complexity index is 540. The highest BCUT2D eigenvalue weighted by Gasteiger charge is 2.27. The van der Waals surface area contributed by atoms with E-state index in [0.717, 1.165) is 0 Å². The Labute approximate surface area is 123 Å². The van der Waals surface area contributed by atoms with Crippen LogP contribution in [-0.2, 0) is 19.1 Å². The van der Waals surface area contributed by atoms with Crippen LogP contribution in [0.2, 0.25) is 0 Å². The molecule has 0 saturated heterocycles. The lowest BCUT2D eigenvalue weighted by Gasteiger charge is -2.09. The van der Waals surface area contributed by atoms with Gasteiger partial charge in [-0.3, -0.25) is 14.6 Å². The van der Waals surface area contributed by atoms with Crippen molar-refractivity contribution in [2.75, 3.05) is 13.2 Å². The van der Waals surface area contributed by atoms with Crippen molar-refractivity contribution in [2.45, 2.75) is 13.8 Å². The molecule has 0 aliphatic heterocycles. The lowest BCUT2D eigenvalue weighted by atomic mass is 10.1. The highest BCUT2D eigenvalue weighted by atomic mass is 16.6. The zero-order valence-electron chi connectivity index (χ0n) is 11.9. The molecular weight excluding hydrogens is 272 g/mol. The molecule has 6 heteroatoms. The Morgan fingerprint density at radius 1 is 1.19 bits per heavy atom. The second-order valence-electron chi connectivity index (χ2n) is 3.89. The van der Waals surface area contributed by atoms with Crippen molar-refractivity contribution < 1.29 is 19.1 Å². The van der Waals surface area contributed by atoms with Crippen LogP contribution in [0.15, 0.2) is 29.3 Å². The van der Waals surface area contributed by atoms with E-state index < -0.39 is 17.9 Å². The van der Waals surface area contributed by atoms with Gasteiger partial charge in [0.15, 0.2) is 11.6 Å². The first kappa shape index (κ1) is 16.4. The molecule has 1 rings (SSSR count). The number of aliphatic imine (C=N–C) groups is 1. The molecule has 0 saturated carbocycles. The summed E-state index contributed by atoms with van der Waals surface area (Å²) < 4.78 is 9.65. The van der Waals surface area contributed by atoms with Crippen LogP contribution in [0.5, 0.6) is 0 Å². The molecule has 0 amide bonds. The molecule has 0 aliphatic carbocycles. The molecule has 0 unspecified atom stereocenters. The zero-order valence-corrected chi connectivity index (χ0v) is 11.9. The minimum Gasteiger partial charge on any atom is -0.465 e. The van der Waals surface area contributed by atoms with Gasteiger partial charge in [-0.25, -0.2) is 4.85 Å². The number of esters is 2. The summed E-state index contributed by atoms with van der Waals surface area (Å²) >= 11 is 0. The van der Waals surface area contributed by atoms with E-state index in [1.54, 1.807) is 38.1 Å². The standard InChI is InChI=1S/C15H16N2O4/c1-4-20-14(18)13(15(19)21-5-2)10-17-12-8-6-11(16-3)7-9-12/h6-10,13H,4-5H2,1-2H3. The van der Waals surface area contributed by atoms with Gasteiger partial charge in [-0.05, 0) is 26.0 Å². The van der Waals surface area contributed by atoms with Gasteiger partial charge >= 0.3 is 11.9 Å². The van der Waals surface area contributed by atoms with Crippen LogP contribution in [0.25, 0.3) is 4.85 Å². The molecule has 0 spiro atoms. The van der Waals surface area contributed by atoms with Crippen LogP contribution < -0.4 is 0 Å². The zero-order chi connectivity index (χ0) is 15.7. The maximum absolute atomic E-state index is 11.7. The van der Waals surface area contributed by atoms with Gasteiger partial charge in [0.2, 0.25) is 0 Å². The summed E-state index contributed by atoms with van der Waals surface area (Å²) in [7, 11) is 0. The van der Waals surface area contributed by atoms with Gasteiger partial charge in [-0.2, -0.15) is 0 Å². The van der Waals surface area contributed by atoms with Crippen LogP contribution in [-0.4, -0.2) is 31.4 Å². The predicted molar refractivity (Wildman–Crippen MR) is 77.6 cm³/mol. The summed E-state index contributed by atoms with van der Waals surface area (Å²) in [6, 6.07) is 6.45. The minimum absolute atomic E-state index is 0.169. The topological polar surface area (TPSA) is 69.3 Å². The highest BCUT2D eigenvalue weighted by Crippen LogP contribution is 2.18. The SMILES string of the molecule is [C-]#[N+]c1ccc(N=CC(C(=O)OCC)C(=O)OCC)cc1. The third-order valence-corrected chi connectivity index (χ3v) is 2.43. The number of rotatable bonds is 6. The molecule has 0 atom stereocenters. The number of hydrogen-bond donors (Lipinski definition) is 0. The summed E-state index contributed by atoms with van der Waals surface area (Å²) in [5.74, 6) is -2.58. The molecule has 0 aromatic heterocycles. The van der Waals surface area contributed by atoms with Crippen LogP contribution in [0, 0.1) is 12.5 Å². The Kier molecular flexibility index (Phi) is 6.61. The van der Waals surface area contributed by atoms with Crippen LogP contribution in [0.1, 0.15) is 13.8 Å². The first-order chi connectivity index (χ1) is 10.1. The molecule has 1 aromatic rings. The average molecular weight is 288 g/mol. The summed E-state index contributed by atoms with van der Waals surface area (Å²) in [4.78, 5) is 30.8. The van der Waals surface area contributed by atoms with E-state index in [0.29, 0.717) is 11.4 Å². The summed E-state index contributed by atoms with van der Waals surface area (Å²) in [5.41, 5.74) is 1.02. The van der Waals surface area contributed by atoms with Crippen molar-refractivity contribution >= 4 is 29.5 Å². The summed E-state index contributed by atoms with van der Waals surface area (Å²) in [6.45, 7) is 10.5. The fraction of sp³-hybridized carbons (Fsp3) is 0.333. The molecule has 0 aliphatic rings. The van der Waals surface area contributed by atoms with Crippen molar-refractivity contribution in [1.82, 2.24) is 0 Å². The molecular formula is C15H16N2O4. The lowest BCUT2D eigenvalue weighted by Crippen LogP contribution is -2.29. The van der Waals surface area contributed by atoms with Crippen LogP contribution in [0.4, 0.5) is 11.4 Å². The van der Waals surface area contributed by atoms with E-state index in [2.05, 4.69) is 9.84 Å². The molecule has 0 radical (unpaired) electrons. The maximum Gasteiger partial charge on any atom is 0.325 e. The normalized spacial score (nSPS) is 10.4. The van der Waals surface area contributed by atoms with E-state index in [-0.39, 0.29) is 13.2 Å². The van der Waals surface area contributed by atoms with E-state index in [1.807, 2.05) is 0 Å². The molecule has 0 fully saturated rings. The second-order valence-corrected chi connectivity index (χ2v) is 3.89. The third kappa shape index (κ3) is 5.07. The van der Waals surface area contributed by atoms with E-state index in [4.69, 9.17) is 16.0 Å². The predicted octanol–water partition coefficient (Wildman–Crippen LogP) is 2.68. The van der Waals surface area contributed by atoms with Crippen molar-refractivity contribution in [3.8, 4) is 0 Å². The monoisotopic (exact) mass is 288 g/mol. The number of carbonyl (C=O) groups is 2. The first-order valence-electron chi connectivity index (χ1n) is 6.47. The van der Waals surface area contributed by atoms with Gasteiger partial charge in [0.25, 0.3) is 0 Å². The smallest absolute Gasteiger partial charge is 0.325 e. The van der Waals surface area contributed by atoms with Crippen LogP contribution >= 0.6 is 0 Å². The Balaban J connectivity index is 2.88. The van der Waals surface area contributed by atoms with Gasteiger partial charge in [0.1, 0.15) is 0 Å². The minimum atomic E-state index is -1.19. The maximum atomic E-state index is 11.7. The van der Waals surface area contributed by atoms with Crippen molar-refractivity contribution in [3.05, 3.63) is 35.7 Å². The fourth-order valence-electron chi connectivity index (χ4n) is 1.46. The average Bonchev–Trinajstić information content (AvgIpc) is 2.48. The molecule has 0 bridgehead atoms. The third-order valence-electron chi connectivity index (χ3n) is 2.43. The van der Waals surface area contributed by atoms with E-state index in [1.165, 1.54) is 6.21 Å². The quantitative estimate of drug-likeness (QED) is 0.349. The molecule has 0 heterocycles. The highest BCUT2D eigenvalue weighted by molar-refractivity contribution is 6.09.